The van der Waals surface area contributed by atoms with Gasteiger partial charge in [-0.3, -0.25) is 19.4 Å². The molecule has 2 fully saturated rings. The maximum Gasteiger partial charge on any atom is 0.233 e. The average molecular weight is 450 g/mol. The predicted octanol–water partition coefficient (Wildman–Crippen LogP) is 2.59. The van der Waals surface area contributed by atoms with E-state index >= 15 is 0 Å². The van der Waals surface area contributed by atoms with Crippen LogP contribution < -0.4 is 14.4 Å². The number of imide groups is 1. The van der Waals surface area contributed by atoms with Crippen molar-refractivity contribution in [1.82, 2.24) is 9.80 Å². The van der Waals surface area contributed by atoms with E-state index in [1.807, 2.05) is 30.4 Å². The van der Waals surface area contributed by atoms with Gasteiger partial charge >= 0.3 is 0 Å². The van der Waals surface area contributed by atoms with Crippen LogP contribution in [0.15, 0.2) is 30.4 Å². The monoisotopic (exact) mass is 449 g/mol. The fraction of sp³-hybridized carbons (Fsp3) is 0.565. The van der Waals surface area contributed by atoms with Crippen LogP contribution >= 0.6 is 12.4 Å². The number of carbonyl (C=O) groups is 2. The number of ether oxygens (including phenoxy) is 2. The molecule has 1 aliphatic carbocycles. The fourth-order valence-electron chi connectivity index (χ4n) is 4.80. The Hall–Kier alpha value is -2.25. The minimum Gasteiger partial charge on any atom is -0.497 e. The van der Waals surface area contributed by atoms with Crippen molar-refractivity contribution < 1.29 is 19.1 Å². The van der Waals surface area contributed by atoms with Crippen LogP contribution in [-0.4, -0.2) is 75.1 Å². The first-order chi connectivity index (χ1) is 14.6. The van der Waals surface area contributed by atoms with Gasteiger partial charge in [-0.15, -0.1) is 12.4 Å². The van der Waals surface area contributed by atoms with Gasteiger partial charge in [0.1, 0.15) is 11.5 Å². The molecule has 2 atom stereocenters. The smallest absolute Gasteiger partial charge is 0.233 e. The van der Waals surface area contributed by atoms with Crippen molar-refractivity contribution in [2.24, 2.45) is 11.8 Å². The lowest BCUT2D eigenvalue weighted by Crippen LogP contribution is -2.47. The summed E-state index contributed by atoms with van der Waals surface area (Å²) in [5.74, 6) is 1.44. The normalized spacial score (nSPS) is 23.5. The zero-order chi connectivity index (χ0) is 21.1. The first-order valence-electron chi connectivity index (χ1n) is 10.8. The Bertz CT molecular complexity index is 797. The topological polar surface area (TPSA) is 62.3 Å². The van der Waals surface area contributed by atoms with Gasteiger partial charge in [0.05, 0.1) is 31.7 Å². The molecular formula is C23H32ClN3O4. The summed E-state index contributed by atoms with van der Waals surface area (Å²) in [7, 11) is 3.34. The number of anilines is 1. The number of hydrogen-bond acceptors (Lipinski definition) is 6. The summed E-state index contributed by atoms with van der Waals surface area (Å²) in [4.78, 5) is 31.4. The molecule has 8 heteroatoms. The molecule has 2 aliphatic heterocycles. The second-order valence-corrected chi connectivity index (χ2v) is 8.20. The molecule has 2 heterocycles. The van der Waals surface area contributed by atoms with Crippen LogP contribution in [0.3, 0.4) is 0 Å². The van der Waals surface area contributed by atoms with Crippen molar-refractivity contribution in [1.29, 1.82) is 0 Å². The third-order valence-electron chi connectivity index (χ3n) is 6.55. The Morgan fingerprint density at radius 2 is 1.55 bits per heavy atom. The predicted molar refractivity (Wildman–Crippen MR) is 122 cm³/mol. The van der Waals surface area contributed by atoms with Crippen LogP contribution in [0.4, 0.5) is 5.69 Å². The SMILES string of the molecule is COc1ccc(N2CCN(CCCN3C(=O)C4CC=CCC4C3=O)CC2)c(OC)c1.Cl. The first kappa shape index (κ1) is 23.4. The Morgan fingerprint density at radius 3 is 2.13 bits per heavy atom. The summed E-state index contributed by atoms with van der Waals surface area (Å²) in [5.41, 5.74) is 1.09. The highest BCUT2D eigenvalue weighted by atomic mass is 35.5. The number of methoxy groups -OCH3 is 2. The van der Waals surface area contributed by atoms with Crippen molar-refractivity contribution in [3.05, 3.63) is 30.4 Å². The van der Waals surface area contributed by atoms with Gasteiger partial charge in [0.15, 0.2) is 0 Å². The number of rotatable bonds is 7. The molecule has 0 bridgehead atoms. The Morgan fingerprint density at radius 1 is 0.903 bits per heavy atom. The molecule has 7 nitrogen and oxygen atoms in total. The van der Waals surface area contributed by atoms with Crippen molar-refractivity contribution in [2.75, 3.05) is 58.4 Å². The zero-order valence-electron chi connectivity index (χ0n) is 18.3. The first-order valence-corrected chi connectivity index (χ1v) is 10.8. The summed E-state index contributed by atoms with van der Waals surface area (Å²) in [6.07, 6.45) is 6.32. The van der Waals surface area contributed by atoms with Gasteiger partial charge in [-0.25, -0.2) is 0 Å². The summed E-state index contributed by atoms with van der Waals surface area (Å²) >= 11 is 0. The van der Waals surface area contributed by atoms with Crippen LogP contribution in [0, 0.1) is 11.8 Å². The van der Waals surface area contributed by atoms with Gasteiger partial charge in [-0.1, -0.05) is 12.2 Å². The number of fused-ring (bicyclic) bond motifs is 1. The van der Waals surface area contributed by atoms with Crippen LogP contribution in [0.1, 0.15) is 19.3 Å². The van der Waals surface area contributed by atoms with E-state index in [1.54, 1.807) is 14.2 Å². The summed E-state index contributed by atoms with van der Waals surface area (Å²) in [6.45, 7) is 5.17. The molecular weight excluding hydrogens is 418 g/mol. The minimum absolute atomic E-state index is 0. The lowest BCUT2D eigenvalue weighted by Gasteiger charge is -2.36. The van der Waals surface area contributed by atoms with E-state index in [2.05, 4.69) is 9.80 Å². The summed E-state index contributed by atoms with van der Waals surface area (Å²) in [5, 5.41) is 0. The standard InChI is InChI=1S/C23H31N3O4.ClH/c1-29-17-8-9-20(21(16-17)30-2)25-14-12-24(13-15-25)10-5-11-26-22(27)18-6-3-4-7-19(18)23(26)28;/h3-4,8-9,16,18-19H,5-7,10-15H2,1-2H3;1H. The summed E-state index contributed by atoms with van der Waals surface area (Å²) in [6, 6.07) is 5.92. The van der Waals surface area contributed by atoms with E-state index in [1.165, 1.54) is 4.90 Å². The van der Waals surface area contributed by atoms with Crippen molar-refractivity contribution in [3.8, 4) is 11.5 Å². The number of halogens is 1. The number of hydrogen-bond donors (Lipinski definition) is 0. The highest BCUT2D eigenvalue weighted by Gasteiger charge is 2.46. The molecule has 170 valence electrons. The molecule has 0 N–H and O–H groups in total. The lowest BCUT2D eigenvalue weighted by atomic mass is 9.85. The number of benzene rings is 1. The van der Waals surface area contributed by atoms with E-state index in [0.717, 1.165) is 56.3 Å². The molecule has 31 heavy (non-hydrogen) atoms. The third-order valence-corrected chi connectivity index (χ3v) is 6.55. The Labute approximate surface area is 190 Å². The molecule has 2 saturated heterocycles. The maximum atomic E-state index is 12.6. The van der Waals surface area contributed by atoms with E-state index in [0.29, 0.717) is 19.4 Å². The highest BCUT2D eigenvalue weighted by Crippen LogP contribution is 2.35. The van der Waals surface area contributed by atoms with E-state index < -0.39 is 0 Å². The number of carbonyl (C=O) groups excluding carboxylic acids is 2. The minimum atomic E-state index is -0.120. The Balaban J connectivity index is 0.00000272. The van der Waals surface area contributed by atoms with E-state index in [-0.39, 0.29) is 36.1 Å². The molecule has 1 aromatic rings. The number of amides is 2. The van der Waals surface area contributed by atoms with Gasteiger partial charge in [0, 0.05) is 38.8 Å². The second-order valence-electron chi connectivity index (χ2n) is 8.20. The van der Waals surface area contributed by atoms with Gasteiger partial charge in [0.25, 0.3) is 0 Å². The van der Waals surface area contributed by atoms with Crippen molar-refractivity contribution in [3.63, 3.8) is 0 Å². The second kappa shape index (κ2) is 10.4. The highest BCUT2D eigenvalue weighted by molar-refractivity contribution is 6.05. The fourth-order valence-corrected chi connectivity index (χ4v) is 4.80. The largest absolute Gasteiger partial charge is 0.497 e. The number of likely N-dealkylation sites (tertiary alicyclic amines) is 1. The van der Waals surface area contributed by atoms with Crippen LogP contribution in [0.25, 0.3) is 0 Å². The van der Waals surface area contributed by atoms with Gasteiger partial charge < -0.3 is 14.4 Å². The van der Waals surface area contributed by atoms with Gasteiger partial charge in [-0.2, -0.15) is 0 Å². The molecule has 0 aromatic heterocycles. The number of allylic oxidation sites excluding steroid dienone is 2. The summed E-state index contributed by atoms with van der Waals surface area (Å²) < 4.78 is 10.8. The van der Waals surface area contributed by atoms with Gasteiger partial charge in [0.2, 0.25) is 11.8 Å². The molecule has 0 radical (unpaired) electrons. The van der Waals surface area contributed by atoms with E-state index in [4.69, 9.17) is 9.47 Å². The lowest BCUT2D eigenvalue weighted by molar-refractivity contribution is -0.140. The molecule has 3 aliphatic rings. The van der Waals surface area contributed by atoms with Crippen molar-refractivity contribution >= 4 is 29.9 Å². The average Bonchev–Trinajstić information content (AvgIpc) is 3.04. The molecule has 1 aromatic carbocycles. The molecule has 2 unspecified atom stereocenters. The van der Waals surface area contributed by atoms with E-state index in [9.17, 15) is 9.59 Å². The maximum absolute atomic E-state index is 12.6. The number of piperazine rings is 1. The third kappa shape index (κ3) is 4.83. The molecule has 4 rings (SSSR count). The molecule has 0 spiro atoms. The zero-order valence-corrected chi connectivity index (χ0v) is 19.1. The van der Waals surface area contributed by atoms with Crippen LogP contribution in [0.5, 0.6) is 11.5 Å². The number of nitrogens with zero attached hydrogens (tertiary/aromatic N) is 3. The van der Waals surface area contributed by atoms with Crippen molar-refractivity contribution in [2.45, 2.75) is 19.3 Å². The molecule has 0 saturated carbocycles. The molecule has 2 amide bonds. The Kier molecular flexibility index (Phi) is 7.84. The quantitative estimate of drug-likeness (QED) is 0.471. The van der Waals surface area contributed by atoms with Crippen LogP contribution in [-0.2, 0) is 9.59 Å². The van der Waals surface area contributed by atoms with Gasteiger partial charge in [-0.05, 0) is 37.9 Å². The van der Waals surface area contributed by atoms with Crippen LogP contribution in [0.2, 0.25) is 0 Å².